The molecule has 0 aromatic carbocycles. The molecule has 16 atom stereocenters. The molecule has 24 saturated heterocycles. The average molecular weight is 1360 g/mol. The summed E-state index contributed by atoms with van der Waals surface area (Å²) in [5.41, 5.74) is -1.78. The molecular formula is C50H54N32O16. The number of fused-ring (bicyclic) bond motifs is 4. The van der Waals surface area contributed by atoms with Crippen LogP contribution in [0.25, 0.3) is 0 Å². The molecule has 24 aliphatic rings. The molecule has 32 amide bonds. The molecule has 24 fully saturated rings. The maximum absolute atomic E-state index is 15.7. The highest BCUT2D eigenvalue weighted by Crippen LogP contribution is 2.54. The second-order valence-corrected chi connectivity index (χ2v) is 28.9. The van der Waals surface area contributed by atoms with Gasteiger partial charge in [-0.3, -0.25) is 147 Å². The standard InChI is InChI=1S/C50H54N32O16/c1-3-52-21-22-58(35(52)84)7-61-25-26-69(40(61)89)13-73-31-32-77(46(73)95)17-81-48(97)79-15-75-30-29-71(44(75)93)11-67-28-27-65(42(67)91)9-62-24-23-57(38(62)87)5-54-20-19(51-34(54)83)53-4-56(21)37(86)60(22)8-63(25)41(90)70(26)14-74(31)47(96)78(32)18-82-49(98)80(33(79)50(81,82)2)16-76(30)45(94)72(29)12-68(28)43(92)66(27)10-64(24)39(88)59(23)6-55(20)36(53)85/h19-33H,3-18H2,1-2H3,(H,51,83). The van der Waals surface area contributed by atoms with Crippen LogP contribution in [0.4, 0.5) is 76.7 Å². The molecule has 1 N–H and O–H groups in total. The van der Waals surface area contributed by atoms with Crippen LogP contribution in [0.1, 0.15) is 13.8 Å². The van der Waals surface area contributed by atoms with Crippen molar-refractivity contribution < 1.29 is 76.7 Å². The predicted molar refractivity (Wildman–Crippen MR) is 295 cm³/mol. The van der Waals surface area contributed by atoms with E-state index in [1.807, 2.05) is 0 Å². The lowest BCUT2D eigenvalue weighted by Gasteiger charge is -2.46. The summed E-state index contributed by atoms with van der Waals surface area (Å²) in [5.74, 6) is 0. The van der Waals surface area contributed by atoms with E-state index in [0.29, 0.717) is 0 Å². The Morgan fingerprint density at radius 3 is 0.735 bits per heavy atom. The summed E-state index contributed by atoms with van der Waals surface area (Å²) in [4.78, 5) is 287. The molecule has 16 unspecified atom stereocenters. The van der Waals surface area contributed by atoms with Gasteiger partial charge in [0, 0.05) is 6.54 Å². The first-order valence-corrected chi connectivity index (χ1v) is 32.3. The fraction of sp³-hybridized carbons (Fsp3) is 0.680. The zero-order chi connectivity index (χ0) is 66.3. The summed E-state index contributed by atoms with van der Waals surface area (Å²) in [7, 11) is 0. The third-order valence-electron chi connectivity index (χ3n) is 25.5. The second-order valence-electron chi connectivity index (χ2n) is 28.9. The van der Waals surface area contributed by atoms with Crippen molar-refractivity contribution in [2.75, 3.05) is 107 Å². The molecule has 24 aliphatic heterocycles. The molecule has 24 heterocycles. The molecule has 98 heavy (non-hydrogen) atoms. The molecule has 24 rings (SSSR count). The number of carbonyl (C=O) groups is 16. The Morgan fingerprint density at radius 1 is 0.245 bits per heavy atom. The summed E-state index contributed by atoms with van der Waals surface area (Å²) in [6.45, 7) is -5.15. The third-order valence-corrected chi connectivity index (χ3v) is 25.5. The number of hydrogen-bond acceptors (Lipinski definition) is 16. The zero-order valence-electron chi connectivity index (χ0n) is 51.4. The van der Waals surface area contributed by atoms with Gasteiger partial charge in [-0.25, -0.2) is 76.7 Å². The Labute approximate surface area is 547 Å². The minimum Gasteiger partial charge on any atom is -0.314 e. The molecule has 0 aromatic heterocycles. The van der Waals surface area contributed by atoms with E-state index >= 15 is 71.9 Å². The molecule has 48 heteroatoms. The van der Waals surface area contributed by atoms with Crippen molar-refractivity contribution in [1.29, 1.82) is 0 Å². The maximum Gasteiger partial charge on any atom is 0.326 e. The van der Waals surface area contributed by atoms with Crippen LogP contribution in [0, 0.1) is 0 Å². The lowest BCUT2D eigenvalue weighted by atomic mass is 10.1. The van der Waals surface area contributed by atoms with E-state index in [-0.39, 0.29) is 6.54 Å². The summed E-state index contributed by atoms with van der Waals surface area (Å²) in [5, 5.41) is 2.86. The van der Waals surface area contributed by atoms with Gasteiger partial charge in [-0.05, 0) is 13.8 Å². The number of likely N-dealkylation sites (N-methyl/N-ethyl adjacent to an activating group) is 1. The highest BCUT2D eigenvalue weighted by molar-refractivity contribution is 5.96. The minimum atomic E-state index is -1.78. The second kappa shape index (κ2) is 15.6. The van der Waals surface area contributed by atoms with Crippen molar-refractivity contribution in [3.8, 4) is 0 Å². The molecular weight excluding hydrogens is 1300 g/mol. The van der Waals surface area contributed by atoms with Crippen LogP contribution in [-0.2, 0) is 0 Å². The van der Waals surface area contributed by atoms with Crippen molar-refractivity contribution in [3.63, 3.8) is 0 Å². The Morgan fingerprint density at radius 2 is 0.449 bits per heavy atom. The Balaban J connectivity index is 0.668. The van der Waals surface area contributed by atoms with Gasteiger partial charge < -0.3 is 10.2 Å². The van der Waals surface area contributed by atoms with Gasteiger partial charge in [0.25, 0.3) is 0 Å². The summed E-state index contributed by atoms with van der Waals surface area (Å²) < 4.78 is 0. The number of carbonyl (C=O) groups excluding carboxylic acids is 16. The van der Waals surface area contributed by atoms with E-state index in [2.05, 4.69) is 5.32 Å². The first-order chi connectivity index (χ1) is 47.1. The smallest absolute Gasteiger partial charge is 0.314 e. The summed E-state index contributed by atoms with van der Waals surface area (Å²) in [6.07, 6.45) is -19.1. The van der Waals surface area contributed by atoms with Crippen molar-refractivity contribution in [2.24, 2.45) is 0 Å². The lowest BCUT2D eigenvalue weighted by molar-refractivity contribution is -0.0630. The first-order valence-electron chi connectivity index (χ1n) is 32.3. The molecule has 48 nitrogen and oxygen atoms in total. The molecule has 0 saturated carbocycles. The predicted octanol–water partition coefficient (Wildman–Crippen LogP) is -6.83. The van der Waals surface area contributed by atoms with E-state index in [1.54, 1.807) is 13.8 Å². The Hall–Kier alpha value is -11.7. The van der Waals surface area contributed by atoms with Crippen LogP contribution in [0.15, 0.2) is 0 Å². The van der Waals surface area contributed by atoms with Gasteiger partial charge in [0.15, 0.2) is 92.0 Å². The molecule has 0 radical (unpaired) electrons. The van der Waals surface area contributed by atoms with Crippen LogP contribution in [0.5, 0.6) is 0 Å². The Kier molecular flexibility index (Phi) is 8.36. The third kappa shape index (κ3) is 5.05. The van der Waals surface area contributed by atoms with Gasteiger partial charge in [0.05, 0.1) is 0 Å². The van der Waals surface area contributed by atoms with Gasteiger partial charge in [-0.2, -0.15) is 0 Å². The number of nitrogens with zero attached hydrogens (tertiary/aromatic N) is 31. The van der Waals surface area contributed by atoms with Gasteiger partial charge in [0.2, 0.25) is 0 Å². The molecule has 0 aliphatic carbocycles. The van der Waals surface area contributed by atoms with Crippen LogP contribution in [-0.4, -0.2) is 453 Å². The molecule has 0 spiro atoms. The highest BCUT2D eigenvalue weighted by Gasteiger charge is 2.78. The number of urea groups is 16. The fourth-order valence-electron chi connectivity index (χ4n) is 21.4. The van der Waals surface area contributed by atoms with E-state index < -0.39 is 295 Å². The summed E-state index contributed by atoms with van der Waals surface area (Å²) in [6, 6.07) is -11.9. The minimum absolute atomic E-state index is 0.00657. The van der Waals surface area contributed by atoms with Crippen LogP contribution in [0.2, 0.25) is 0 Å². The maximum atomic E-state index is 15.7. The first kappa shape index (κ1) is 52.6. The van der Waals surface area contributed by atoms with Gasteiger partial charge in [-0.15, -0.1) is 0 Å². The summed E-state index contributed by atoms with van der Waals surface area (Å²) >= 11 is 0. The topological polar surface area (TPSA) is 386 Å². The van der Waals surface area contributed by atoms with E-state index in [9.17, 15) is 4.79 Å². The van der Waals surface area contributed by atoms with Crippen molar-refractivity contribution in [3.05, 3.63) is 0 Å². The average Bonchev–Trinajstić information content (AvgIpc) is 1.50. The van der Waals surface area contributed by atoms with Crippen LogP contribution < -0.4 is 5.32 Å². The number of rotatable bonds is 1. The number of nitrogens with one attached hydrogen (secondary N) is 1. The molecule has 16 bridgehead atoms. The van der Waals surface area contributed by atoms with Crippen molar-refractivity contribution in [1.82, 2.24) is 157 Å². The highest BCUT2D eigenvalue weighted by atomic mass is 16.3. The normalized spacial score (nSPS) is 40.1. The number of amides is 32. The van der Waals surface area contributed by atoms with Crippen LogP contribution in [0.3, 0.4) is 0 Å². The molecule has 0 aromatic rings. The van der Waals surface area contributed by atoms with E-state index in [4.69, 9.17) is 0 Å². The van der Waals surface area contributed by atoms with Crippen LogP contribution >= 0.6 is 0 Å². The van der Waals surface area contributed by atoms with Crippen molar-refractivity contribution >= 4 is 96.5 Å². The lowest BCUT2D eigenvalue weighted by Crippen LogP contribution is -2.67. The van der Waals surface area contributed by atoms with Gasteiger partial charge >= 0.3 is 96.5 Å². The van der Waals surface area contributed by atoms with E-state index in [0.717, 1.165) is 0 Å². The fourth-order valence-corrected chi connectivity index (χ4v) is 21.4. The zero-order valence-corrected chi connectivity index (χ0v) is 51.4. The number of hydrogen-bond donors (Lipinski definition) is 1. The quantitative estimate of drug-likeness (QED) is 0.255. The molecule has 510 valence electrons. The van der Waals surface area contributed by atoms with Crippen molar-refractivity contribution in [2.45, 2.75) is 112 Å². The largest absolute Gasteiger partial charge is 0.326 e. The SMILES string of the molecule is CCN1C(=O)N2CN3C(=O)N4CN5C(=O)N6CN7C(=O)N8CN9C(=O)N%10CN%11C(=O)N%12CN%13C(=O)N%14CN%15C(=O)NC%16C%15N%15CN%17C(=O)N(CN%18C(=O)N(CN%19C(=O)N(CN%20C(=O)N(CN%21C(=O)N(CN%22C(=O)N(CN%23C(=O)N(CN%16C%15=O)C1C2%23)C3C4%22)C5C6%21)C7(C)C8%20)C9C%10%19)C%11C%12%18)C%13C%14%17. The van der Waals surface area contributed by atoms with Gasteiger partial charge in [-0.1, -0.05) is 0 Å². The van der Waals surface area contributed by atoms with E-state index in [1.165, 1.54) is 152 Å². The van der Waals surface area contributed by atoms with Gasteiger partial charge in [0.1, 0.15) is 106 Å². The monoisotopic (exact) mass is 1360 g/mol. The Bertz CT molecular complexity index is 4190.